The van der Waals surface area contributed by atoms with Crippen LogP contribution >= 0.6 is 0 Å². The zero-order chi connectivity index (χ0) is 13.8. The molecule has 0 bridgehead atoms. The Morgan fingerprint density at radius 3 is 2.75 bits per heavy atom. The van der Waals surface area contributed by atoms with Gasteiger partial charge in [0.2, 0.25) is 0 Å². The largest absolute Gasteiger partial charge is 0.326 e. The molecule has 3 heteroatoms. The second-order valence-electron chi connectivity index (χ2n) is 5.52. The molecule has 2 N–H and O–H groups in total. The van der Waals surface area contributed by atoms with Gasteiger partial charge < -0.3 is 5.73 Å². The van der Waals surface area contributed by atoms with Gasteiger partial charge in [-0.1, -0.05) is 43.2 Å². The quantitative estimate of drug-likeness (QED) is 0.876. The van der Waals surface area contributed by atoms with Crippen LogP contribution in [0.3, 0.4) is 0 Å². The predicted octanol–water partition coefficient (Wildman–Crippen LogP) is 3.44. The van der Waals surface area contributed by atoms with Crippen LogP contribution in [0.2, 0.25) is 0 Å². The lowest BCUT2D eigenvalue weighted by molar-refractivity contribution is 0.591. The van der Waals surface area contributed by atoms with Crippen molar-refractivity contribution < 1.29 is 0 Å². The molecule has 20 heavy (non-hydrogen) atoms. The fourth-order valence-electron chi connectivity index (χ4n) is 2.93. The topological polar surface area (TPSA) is 50.7 Å². The summed E-state index contributed by atoms with van der Waals surface area (Å²) in [5.74, 6) is 0.442. The third kappa shape index (κ3) is 2.73. The molecule has 1 aromatic carbocycles. The van der Waals surface area contributed by atoms with Crippen molar-refractivity contribution in [2.24, 2.45) is 21.9 Å². The lowest BCUT2D eigenvalue weighted by Gasteiger charge is -2.23. The van der Waals surface area contributed by atoms with Gasteiger partial charge in [-0.15, -0.1) is 0 Å². The summed E-state index contributed by atoms with van der Waals surface area (Å²) in [5, 5.41) is 8.63. The molecule has 0 amide bonds. The minimum absolute atomic E-state index is 0.442. The molecule has 1 heterocycles. The van der Waals surface area contributed by atoms with Crippen LogP contribution in [0.15, 0.2) is 46.1 Å². The molecule has 3 nitrogen and oxygen atoms in total. The van der Waals surface area contributed by atoms with E-state index in [4.69, 9.17) is 5.73 Å². The van der Waals surface area contributed by atoms with E-state index >= 15 is 0 Å². The van der Waals surface area contributed by atoms with Crippen molar-refractivity contribution in [2.75, 3.05) is 0 Å². The highest BCUT2D eigenvalue weighted by atomic mass is 15.2. The Hall–Kier alpha value is -1.74. The number of allylic oxidation sites excluding steroid dienone is 2. The molecule has 0 aromatic heterocycles. The molecule has 0 fully saturated rings. The zero-order valence-corrected chi connectivity index (χ0v) is 11.8. The molecule has 0 radical (unpaired) electrons. The first-order valence-corrected chi connectivity index (χ1v) is 7.49. The van der Waals surface area contributed by atoms with Gasteiger partial charge in [0.1, 0.15) is 0 Å². The standard InChI is InChI=1S/C17H21N3/c18-11-13-7-9-14(10-8-13)17-16-6-4-2-1-3-5-15(16)12-19-20-17/h6-10,12,15H,1-5,11,18H2/b16-6+. The van der Waals surface area contributed by atoms with Gasteiger partial charge in [-0.3, -0.25) is 0 Å². The molecule has 0 spiro atoms. The third-order valence-electron chi connectivity index (χ3n) is 4.12. The van der Waals surface area contributed by atoms with Crippen molar-refractivity contribution in [3.05, 3.63) is 47.0 Å². The summed E-state index contributed by atoms with van der Waals surface area (Å²) in [7, 11) is 0. The van der Waals surface area contributed by atoms with Crippen molar-refractivity contribution in [1.29, 1.82) is 0 Å². The molecule has 104 valence electrons. The van der Waals surface area contributed by atoms with Gasteiger partial charge in [0.05, 0.1) is 5.71 Å². The summed E-state index contributed by atoms with van der Waals surface area (Å²) in [6, 6.07) is 8.38. The average molecular weight is 267 g/mol. The summed E-state index contributed by atoms with van der Waals surface area (Å²) in [6.45, 7) is 0.580. The maximum Gasteiger partial charge on any atom is 0.0964 e. The summed E-state index contributed by atoms with van der Waals surface area (Å²) >= 11 is 0. The summed E-state index contributed by atoms with van der Waals surface area (Å²) in [5.41, 5.74) is 10.4. The van der Waals surface area contributed by atoms with E-state index in [2.05, 4.69) is 40.5 Å². The first-order valence-electron chi connectivity index (χ1n) is 7.49. The van der Waals surface area contributed by atoms with Crippen LogP contribution in [0.4, 0.5) is 0 Å². The first-order chi connectivity index (χ1) is 9.88. The van der Waals surface area contributed by atoms with E-state index in [1.807, 2.05) is 6.21 Å². The number of rotatable bonds is 2. The van der Waals surface area contributed by atoms with E-state index in [-0.39, 0.29) is 0 Å². The van der Waals surface area contributed by atoms with Crippen LogP contribution in [0, 0.1) is 5.92 Å². The monoisotopic (exact) mass is 267 g/mol. The van der Waals surface area contributed by atoms with Gasteiger partial charge in [-0.2, -0.15) is 10.2 Å². The Morgan fingerprint density at radius 2 is 1.95 bits per heavy atom. The molecular weight excluding hydrogens is 246 g/mol. The van der Waals surface area contributed by atoms with Crippen LogP contribution in [0.5, 0.6) is 0 Å². The molecule has 1 atom stereocenters. The smallest absolute Gasteiger partial charge is 0.0964 e. The van der Waals surface area contributed by atoms with Crippen LogP contribution in [0.1, 0.15) is 43.2 Å². The second kappa shape index (κ2) is 6.14. The minimum atomic E-state index is 0.442. The van der Waals surface area contributed by atoms with E-state index in [9.17, 15) is 0 Å². The summed E-state index contributed by atoms with van der Waals surface area (Å²) < 4.78 is 0. The Balaban J connectivity index is 1.93. The highest BCUT2D eigenvalue weighted by Crippen LogP contribution is 2.28. The predicted molar refractivity (Wildman–Crippen MR) is 84.0 cm³/mol. The van der Waals surface area contributed by atoms with E-state index in [1.54, 1.807) is 0 Å². The normalized spacial score (nSPS) is 24.9. The Labute approximate surface area is 120 Å². The minimum Gasteiger partial charge on any atom is -0.326 e. The van der Waals surface area contributed by atoms with Crippen molar-refractivity contribution in [3.8, 4) is 0 Å². The summed E-state index contributed by atoms with van der Waals surface area (Å²) in [4.78, 5) is 0. The Bertz CT molecular complexity index is 552. The number of benzene rings is 1. The maximum atomic E-state index is 5.66. The van der Waals surface area contributed by atoms with Gasteiger partial charge >= 0.3 is 0 Å². The Morgan fingerprint density at radius 1 is 1.10 bits per heavy atom. The van der Waals surface area contributed by atoms with Crippen molar-refractivity contribution >= 4 is 11.9 Å². The molecule has 1 aliphatic heterocycles. The fourth-order valence-corrected chi connectivity index (χ4v) is 2.93. The number of hydrogen-bond donors (Lipinski definition) is 1. The van der Waals surface area contributed by atoms with E-state index in [0.29, 0.717) is 12.5 Å². The first kappa shape index (κ1) is 13.3. The fraction of sp³-hybridized carbons (Fsp3) is 0.412. The Kier molecular flexibility index (Phi) is 4.07. The molecule has 0 saturated carbocycles. The molecule has 1 aromatic rings. The number of nitrogens with zero attached hydrogens (tertiary/aromatic N) is 2. The molecule has 1 aliphatic carbocycles. The molecule has 3 rings (SSSR count). The van der Waals surface area contributed by atoms with Crippen molar-refractivity contribution in [2.45, 2.75) is 38.6 Å². The van der Waals surface area contributed by atoms with Gasteiger partial charge in [0.15, 0.2) is 0 Å². The van der Waals surface area contributed by atoms with Crippen LogP contribution < -0.4 is 5.73 Å². The van der Waals surface area contributed by atoms with Crippen LogP contribution in [-0.4, -0.2) is 11.9 Å². The SMILES string of the molecule is NCc1ccc(C2=NN=CC3CCCCC/C=C/23)cc1. The average Bonchev–Trinajstić information content (AvgIpc) is 2.47. The highest BCUT2D eigenvalue weighted by Gasteiger charge is 2.22. The maximum absolute atomic E-state index is 5.66. The van der Waals surface area contributed by atoms with E-state index in [1.165, 1.54) is 31.3 Å². The van der Waals surface area contributed by atoms with E-state index < -0.39 is 0 Å². The van der Waals surface area contributed by atoms with E-state index in [0.717, 1.165) is 23.3 Å². The zero-order valence-electron chi connectivity index (χ0n) is 11.8. The van der Waals surface area contributed by atoms with Crippen LogP contribution in [-0.2, 0) is 6.54 Å². The van der Waals surface area contributed by atoms with Crippen LogP contribution in [0.25, 0.3) is 0 Å². The van der Waals surface area contributed by atoms with Gasteiger partial charge in [-0.05, 0) is 30.4 Å². The second-order valence-corrected chi connectivity index (χ2v) is 5.52. The van der Waals surface area contributed by atoms with Crippen molar-refractivity contribution in [1.82, 2.24) is 0 Å². The lowest BCUT2D eigenvalue weighted by atomic mass is 9.84. The summed E-state index contributed by atoms with van der Waals surface area (Å²) in [6.07, 6.45) is 10.6. The number of fused-ring (bicyclic) bond motifs is 1. The van der Waals surface area contributed by atoms with Gasteiger partial charge in [-0.25, -0.2) is 0 Å². The highest BCUT2D eigenvalue weighted by molar-refractivity contribution is 6.15. The molecule has 0 saturated heterocycles. The number of nitrogens with two attached hydrogens (primary N) is 1. The van der Waals surface area contributed by atoms with Gasteiger partial charge in [0, 0.05) is 24.2 Å². The molecular formula is C17H21N3. The molecule has 1 unspecified atom stereocenters. The lowest BCUT2D eigenvalue weighted by Crippen LogP contribution is -2.20. The number of hydrogen-bond acceptors (Lipinski definition) is 3. The van der Waals surface area contributed by atoms with Crippen molar-refractivity contribution in [3.63, 3.8) is 0 Å². The molecule has 2 aliphatic rings. The van der Waals surface area contributed by atoms with Gasteiger partial charge in [0.25, 0.3) is 0 Å². The third-order valence-corrected chi connectivity index (χ3v) is 4.12.